The van der Waals surface area contributed by atoms with Crippen LogP contribution in [0.2, 0.25) is 0 Å². The molecule has 0 radical (unpaired) electrons. The van der Waals surface area contributed by atoms with E-state index < -0.39 is 5.97 Å². The molecule has 0 saturated heterocycles. The Hall–Kier alpha value is -3.41. The Bertz CT molecular complexity index is 854. The monoisotopic (exact) mass is 384 g/mol. The van der Waals surface area contributed by atoms with Gasteiger partial charge in [-0.15, -0.1) is 0 Å². The Morgan fingerprint density at radius 2 is 1.57 bits per heavy atom. The van der Waals surface area contributed by atoms with Crippen molar-refractivity contribution in [3.63, 3.8) is 0 Å². The Labute approximate surface area is 164 Å². The number of ether oxygens (including phenoxy) is 5. The first-order valence-electron chi connectivity index (χ1n) is 8.56. The number of rotatable bonds is 9. The molecule has 0 heterocycles. The first kappa shape index (κ1) is 20.9. The van der Waals surface area contributed by atoms with Crippen molar-refractivity contribution < 1.29 is 28.5 Å². The highest BCUT2D eigenvalue weighted by Crippen LogP contribution is 2.35. The van der Waals surface area contributed by atoms with Gasteiger partial charge in [0.25, 0.3) is 0 Å². The second kappa shape index (κ2) is 10.7. The Balaban J connectivity index is 1.95. The van der Waals surface area contributed by atoms with Gasteiger partial charge in [0.15, 0.2) is 11.5 Å². The zero-order chi connectivity index (χ0) is 20.4. The molecule has 6 nitrogen and oxygen atoms in total. The lowest BCUT2D eigenvalue weighted by molar-refractivity contribution is -0.136. The van der Waals surface area contributed by atoms with E-state index in [-0.39, 0.29) is 6.61 Å². The van der Waals surface area contributed by atoms with Crippen LogP contribution < -0.4 is 18.9 Å². The molecule has 0 aliphatic rings. The maximum absolute atomic E-state index is 11.9. The summed E-state index contributed by atoms with van der Waals surface area (Å²) >= 11 is 0. The summed E-state index contributed by atoms with van der Waals surface area (Å²) in [5.74, 6) is 2.07. The molecular weight excluding hydrogens is 360 g/mol. The fraction of sp³-hybridized carbons (Fsp3) is 0.227. The molecule has 0 saturated carbocycles. The third kappa shape index (κ3) is 5.81. The molecule has 0 spiro atoms. The molecule has 0 bridgehead atoms. The summed E-state index contributed by atoms with van der Waals surface area (Å²) < 4.78 is 26.2. The van der Waals surface area contributed by atoms with E-state index in [0.717, 1.165) is 16.9 Å². The number of carbonyl (C=O) groups excluding carboxylic acids is 1. The van der Waals surface area contributed by atoms with Crippen molar-refractivity contribution in [1.82, 2.24) is 0 Å². The fourth-order valence-electron chi connectivity index (χ4n) is 2.45. The van der Waals surface area contributed by atoms with Crippen molar-refractivity contribution in [2.75, 3.05) is 35.0 Å². The van der Waals surface area contributed by atoms with Gasteiger partial charge in [-0.3, -0.25) is 0 Å². The smallest absolute Gasteiger partial charge is 0.331 e. The highest BCUT2D eigenvalue weighted by molar-refractivity contribution is 5.87. The van der Waals surface area contributed by atoms with E-state index in [1.807, 2.05) is 24.3 Å². The standard InChI is InChI=1S/C22H24O6/c1-24-18-9-5-7-16(13-18)10-11-22(23)28-12-6-8-17-14-20(26-3)21(27-4)15-19(17)25-2/h5-11,13-15H,12H2,1-4H3/b8-6+,11-10+. The van der Waals surface area contributed by atoms with Gasteiger partial charge >= 0.3 is 5.97 Å². The van der Waals surface area contributed by atoms with Gasteiger partial charge in [-0.2, -0.15) is 0 Å². The molecule has 6 heteroatoms. The van der Waals surface area contributed by atoms with Crippen LogP contribution >= 0.6 is 0 Å². The van der Waals surface area contributed by atoms with Gasteiger partial charge in [0.1, 0.15) is 18.1 Å². The average Bonchev–Trinajstić information content (AvgIpc) is 2.74. The number of hydrogen-bond donors (Lipinski definition) is 0. The highest BCUT2D eigenvalue weighted by atomic mass is 16.5. The summed E-state index contributed by atoms with van der Waals surface area (Å²) in [6, 6.07) is 10.9. The maximum Gasteiger partial charge on any atom is 0.331 e. The van der Waals surface area contributed by atoms with Gasteiger partial charge in [0.05, 0.1) is 28.4 Å². The third-order valence-corrected chi connectivity index (χ3v) is 3.86. The van der Waals surface area contributed by atoms with Crippen LogP contribution in [0.5, 0.6) is 23.0 Å². The van der Waals surface area contributed by atoms with E-state index in [4.69, 9.17) is 23.7 Å². The van der Waals surface area contributed by atoms with Crippen LogP contribution in [-0.4, -0.2) is 41.0 Å². The van der Waals surface area contributed by atoms with Crippen LogP contribution in [0, 0.1) is 0 Å². The molecule has 0 atom stereocenters. The molecule has 148 valence electrons. The van der Waals surface area contributed by atoms with Gasteiger partial charge in [-0.25, -0.2) is 4.79 Å². The van der Waals surface area contributed by atoms with Crippen molar-refractivity contribution >= 4 is 18.1 Å². The Morgan fingerprint density at radius 3 is 2.25 bits per heavy atom. The minimum absolute atomic E-state index is 0.124. The molecular formula is C22H24O6. The minimum atomic E-state index is -0.438. The number of hydrogen-bond acceptors (Lipinski definition) is 6. The van der Waals surface area contributed by atoms with Crippen LogP contribution in [0.1, 0.15) is 11.1 Å². The van der Waals surface area contributed by atoms with Crippen LogP contribution in [0.15, 0.2) is 48.6 Å². The summed E-state index contributed by atoms with van der Waals surface area (Å²) in [4.78, 5) is 11.9. The number of benzene rings is 2. The number of esters is 1. The first-order valence-corrected chi connectivity index (χ1v) is 8.56. The molecule has 28 heavy (non-hydrogen) atoms. The zero-order valence-electron chi connectivity index (χ0n) is 16.4. The van der Waals surface area contributed by atoms with Crippen LogP contribution in [0.25, 0.3) is 12.2 Å². The van der Waals surface area contributed by atoms with Crippen molar-refractivity contribution in [1.29, 1.82) is 0 Å². The van der Waals surface area contributed by atoms with E-state index in [1.165, 1.54) is 6.08 Å². The fourth-order valence-corrected chi connectivity index (χ4v) is 2.45. The molecule has 2 aromatic rings. The number of carbonyl (C=O) groups is 1. The molecule has 0 aromatic heterocycles. The average molecular weight is 384 g/mol. The molecule has 0 unspecified atom stereocenters. The molecule has 0 fully saturated rings. The van der Waals surface area contributed by atoms with Crippen LogP contribution in [0.4, 0.5) is 0 Å². The Morgan fingerprint density at radius 1 is 0.857 bits per heavy atom. The Kier molecular flexibility index (Phi) is 7.96. The maximum atomic E-state index is 11.9. The highest BCUT2D eigenvalue weighted by Gasteiger charge is 2.09. The lowest BCUT2D eigenvalue weighted by Gasteiger charge is -2.12. The normalized spacial score (nSPS) is 10.9. The molecule has 0 aliphatic carbocycles. The molecule has 2 rings (SSSR count). The summed E-state index contributed by atoms with van der Waals surface area (Å²) in [6.07, 6.45) is 6.56. The van der Waals surface area contributed by atoms with Crippen molar-refractivity contribution in [3.8, 4) is 23.0 Å². The topological polar surface area (TPSA) is 63.2 Å². The largest absolute Gasteiger partial charge is 0.497 e. The predicted octanol–water partition coefficient (Wildman–Crippen LogP) is 3.99. The van der Waals surface area contributed by atoms with Crippen molar-refractivity contribution in [3.05, 3.63) is 59.7 Å². The minimum Gasteiger partial charge on any atom is -0.497 e. The molecule has 0 N–H and O–H groups in total. The lowest BCUT2D eigenvalue weighted by atomic mass is 10.1. The van der Waals surface area contributed by atoms with Crippen LogP contribution in [0.3, 0.4) is 0 Å². The van der Waals surface area contributed by atoms with E-state index in [2.05, 4.69) is 0 Å². The second-order valence-corrected chi connectivity index (χ2v) is 5.59. The van der Waals surface area contributed by atoms with Gasteiger partial charge in [0.2, 0.25) is 0 Å². The van der Waals surface area contributed by atoms with Crippen molar-refractivity contribution in [2.45, 2.75) is 0 Å². The second-order valence-electron chi connectivity index (χ2n) is 5.59. The lowest BCUT2D eigenvalue weighted by Crippen LogP contribution is -2.00. The van der Waals surface area contributed by atoms with Gasteiger partial charge in [-0.1, -0.05) is 18.2 Å². The SMILES string of the molecule is COc1cccc(/C=C/C(=O)OC/C=C/c2cc(OC)c(OC)cc2OC)c1. The summed E-state index contributed by atoms with van der Waals surface area (Å²) in [7, 11) is 6.29. The van der Waals surface area contributed by atoms with E-state index in [1.54, 1.807) is 58.8 Å². The quantitative estimate of drug-likeness (QED) is 0.481. The van der Waals surface area contributed by atoms with Gasteiger partial charge in [-0.05, 0) is 35.9 Å². The predicted molar refractivity (Wildman–Crippen MR) is 108 cm³/mol. The van der Waals surface area contributed by atoms with Gasteiger partial charge in [0, 0.05) is 17.7 Å². The van der Waals surface area contributed by atoms with E-state index in [9.17, 15) is 4.79 Å². The summed E-state index contributed by atoms with van der Waals surface area (Å²) in [6.45, 7) is 0.124. The van der Waals surface area contributed by atoms with E-state index >= 15 is 0 Å². The van der Waals surface area contributed by atoms with Crippen LogP contribution in [-0.2, 0) is 9.53 Å². The molecule has 0 amide bonds. The van der Waals surface area contributed by atoms with Crippen molar-refractivity contribution in [2.24, 2.45) is 0 Å². The summed E-state index contributed by atoms with van der Waals surface area (Å²) in [5.41, 5.74) is 1.63. The van der Waals surface area contributed by atoms with Gasteiger partial charge < -0.3 is 23.7 Å². The molecule has 2 aromatic carbocycles. The third-order valence-electron chi connectivity index (χ3n) is 3.86. The van der Waals surface area contributed by atoms with E-state index in [0.29, 0.717) is 17.2 Å². The first-order chi connectivity index (χ1) is 13.6. The summed E-state index contributed by atoms with van der Waals surface area (Å²) in [5, 5.41) is 0. The number of methoxy groups -OCH3 is 4. The zero-order valence-corrected chi connectivity index (χ0v) is 16.4. The molecule has 0 aliphatic heterocycles.